The molecule has 3 rings (SSSR count). The van der Waals surface area contributed by atoms with Gasteiger partial charge < -0.3 is 9.64 Å². The molecule has 2 aliphatic heterocycles. The van der Waals surface area contributed by atoms with Gasteiger partial charge in [0.15, 0.2) is 0 Å². The molecule has 90 valence electrons. The van der Waals surface area contributed by atoms with Crippen molar-refractivity contribution >= 4 is 11.7 Å². The van der Waals surface area contributed by atoms with Crippen molar-refractivity contribution in [3.63, 3.8) is 0 Å². The van der Waals surface area contributed by atoms with E-state index in [1.54, 1.807) is 0 Å². The zero-order valence-corrected chi connectivity index (χ0v) is 10.3. The largest absolute Gasteiger partial charge is 0.464 e. The minimum atomic E-state index is -0.495. The van der Waals surface area contributed by atoms with E-state index in [1.807, 2.05) is 13.8 Å². The van der Waals surface area contributed by atoms with E-state index in [1.165, 1.54) is 16.8 Å². The van der Waals surface area contributed by atoms with E-state index in [4.69, 9.17) is 4.74 Å². The van der Waals surface area contributed by atoms with E-state index in [0.29, 0.717) is 6.61 Å². The molecule has 2 heterocycles. The molecular weight excluding hydrogens is 214 g/mol. The minimum Gasteiger partial charge on any atom is -0.464 e. The summed E-state index contributed by atoms with van der Waals surface area (Å²) < 4.78 is 5.23. The molecule has 0 bridgehead atoms. The highest BCUT2D eigenvalue weighted by Gasteiger charge is 2.49. The number of ether oxygens (including phenoxy) is 1. The van der Waals surface area contributed by atoms with Crippen LogP contribution in [-0.2, 0) is 22.4 Å². The highest BCUT2D eigenvalue weighted by atomic mass is 16.5. The normalized spacial score (nSPS) is 24.9. The maximum atomic E-state index is 12.2. The molecule has 1 aromatic rings. The third-order valence-electron chi connectivity index (χ3n) is 3.92. The standard InChI is InChI=1S/C14H17NO2/c1-3-17-13(16)14(2)9-11-6-4-5-10-7-8-15(14)12(10)11/h4-6H,3,7-9H2,1-2H3. The summed E-state index contributed by atoms with van der Waals surface area (Å²) in [5.41, 5.74) is 3.44. The minimum absolute atomic E-state index is 0.0935. The van der Waals surface area contributed by atoms with Gasteiger partial charge in [-0.15, -0.1) is 0 Å². The van der Waals surface area contributed by atoms with Gasteiger partial charge in [-0.25, -0.2) is 4.79 Å². The number of nitrogens with zero attached hydrogens (tertiary/aromatic N) is 1. The molecule has 0 aliphatic carbocycles. The Kier molecular flexibility index (Phi) is 2.18. The lowest BCUT2D eigenvalue weighted by atomic mass is 9.95. The summed E-state index contributed by atoms with van der Waals surface area (Å²) in [4.78, 5) is 14.4. The summed E-state index contributed by atoms with van der Waals surface area (Å²) in [6, 6.07) is 6.38. The first kappa shape index (κ1) is 10.6. The number of para-hydroxylation sites is 1. The Hall–Kier alpha value is -1.51. The third kappa shape index (κ3) is 1.31. The van der Waals surface area contributed by atoms with E-state index < -0.39 is 5.54 Å². The SMILES string of the molecule is CCOC(=O)C1(C)Cc2cccc3c2N1CC3. The molecule has 0 saturated carbocycles. The van der Waals surface area contributed by atoms with E-state index in [-0.39, 0.29) is 5.97 Å². The molecule has 2 aliphatic rings. The van der Waals surface area contributed by atoms with Gasteiger partial charge in [0, 0.05) is 18.7 Å². The van der Waals surface area contributed by atoms with Crippen molar-refractivity contribution < 1.29 is 9.53 Å². The molecule has 0 amide bonds. The number of anilines is 1. The van der Waals surface area contributed by atoms with Crippen molar-refractivity contribution in [1.29, 1.82) is 0 Å². The second-order valence-electron chi connectivity index (χ2n) is 5.00. The van der Waals surface area contributed by atoms with Gasteiger partial charge in [0.25, 0.3) is 0 Å². The monoisotopic (exact) mass is 231 g/mol. The summed E-state index contributed by atoms with van der Waals surface area (Å²) in [7, 11) is 0. The fourth-order valence-electron chi connectivity index (χ4n) is 3.11. The maximum absolute atomic E-state index is 12.2. The van der Waals surface area contributed by atoms with Crippen LogP contribution in [0.4, 0.5) is 5.69 Å². The van der Waals surface area contributed by atoms with Gasteiger partial charge in [-0.05, 0) is 31.4 Å². The number of carbonyl (C=O) groups is 1. The second-order valence-corrected chi connectivity index (χ2v) is 5.00. The number of hydrogen-bond donors (Lipinski definition) is 0. The van der Waals surface area contributed by atoms with Gasteiger partial charge in [-0.2, -0.15) is 0 Å². The fraction of sp³-hybridized carbons (Fsp3) is 0.500. The average Bonchev–Trinajstić information content (AvgIpc) is 2.86. The zero-order valence-electron chi connectivity index (χ0n) is 10.3. The van der Waals surface area contributed by atoms with E-state index in [0.717, 1.165) is 19.4 Å². The Morgan fingerprint density at radius 3 is 3.00 bits per heavy atom. The smallest absolute Gasteiger partial charge is 0.332 e. The summed E-state index contributed by atoms with van der Waals surface area (Å²) in [6.07, 6.45) is 1.81. The number of rotatable bonds is 2. The second kappa shape index (κ2) is 3.49. The Labute approximate surface area is 101 Å². The van der Waals surface area contributed by atoms with Crippen LogP contribution in [0, 0.1) is 0 Å². The zero-order chi connectivity index (χ0) is 12.0. The van der Waals surface area contributed by atoms with Gasteiger partial charge in [0.2, 0.25) is 0 Å². The van der Waals surface area contributed by atoms with Crippen LogP contribution in [0.5, 0.6) is 0 Å². The van der Waals surface area contributed by atoms with Crippen LogP contribution in [0.15, 0.2) is 18.2 Å². The average molecular weight is 231 g/mol. The molecule has 3 nitrogen and oxygen atoms in total. The lowest BCUT2D eigenvalue weighted by Crippen LogP contribution is -2.51. The van der Waals surface area contributed by atoms with Crippen LogP contribution >= 0.6 is 0 Å². The first-order chi connectivity index (χ1) is 8.16. The molecule has 0 aromatic heterocycles. The van der Waals surface area contributed by atoms with Crippen LogP contribution < -0.4 is 4.90 Å². The topological polar surface area (TPSA) is 29.5 Å². The van der Waals surface area contributed by atoms with Crippen molar-refractivity contribution in [2.75, 3.05) is 18.1 Å². The Bertz CT molecular complexity index is 483. The summed E-state index contributed by atoms with van der Waals surface area (Å²) in [5, 5.41) is 0. The van der Waals surface area contributed by atoms with Gasteiger partial charge in [-0.1, -0.05) is 18.2 Å². The highest BCUT2D eigenvalue weighted by molar-refractivity contribution is 5.90. The van der Waals surface area contributed by atoms with Crippen molar-refractivity contribution in [3.8, 4) is 0 Å². The molecule has 0 N–H and O–H groups in total. The van der Waals surface area contributed by atoms with Crippen LogP contribution in [0.1, 0.15) is 25.0 Å². The first-order valence-corrected chi connectivity index (χ1v) is 6.22. The molecular formula is C14H17NO2. The summed E-state index contributed by atoms with van der Waals surface area (Å²) in [5.74, 6) is -0.0935. The number of carbonyl (C=O) groups excluding carboxylic acids is 1. The Morgan fingerprint density at radius 1 is 1.47 bits per heavy atom. The molecule has 17 heavy (non-hydrogen) atoms. The lowest BCUT2D eigenvalue weighted by Gasteiger charge is -2.32. The number of benzene rings is 1. The lowest BCUT2D eigenvalue weighted by molar-refractivity contribution is -0.148. The molecule has 0 fully saturated rings. The molecule has 0 saturated heterocycles. The maximum Gasteiger partial charge on any atom is 0.332 e. The first-order valence-electron chi connectivity index (χ1n) is 6.22. The van der Waals surface area contributed by atoms with E-state index >= 15 is 0 Å². The van der Waals surface area contributed by atoms with Crippen molar-refractivity contribution in [2.45, 2.75) is 32.2 Å². The predicted octanol–water partition coefficient (Wildman–Crippen LogP) is 1.93. The van der Waals surface area contributed by atoms with Gasteiger partial charge >= 0.3 is 5.97 Å². The predicted molar refractivity (Wildman–Crippen MR) is 66.2 cm³/mol. The molecule has 1 unspecified atom stereocenters. The van der Waals surface area contributed by atoms with Crippen molar-refractivity contribution in [2.24, 2.45) is 0 Å². The van der Waals surface area contributed by atoms with Crippen LogP contribution in [-0.4, -0.2) is 24.7 Å². The van der Waals surface area contributed by atoms with Crippen molar-refractivity contribution in [1.82, 2.24) is 0 Å². The van der Waals surface area contributed by atoms with Gasteiger partial charge in [0.1, 0.15) is 5.54 Å². The molecule has 1 atom stereocenters. The summed E-state index contributed by atoms with van der Waals surface area (Å²) >= 11 is 0. The van der Waals surface area contributed by atoms with Gasteiger partial charge in [0.05, 0.1) is 6.61 Å². The number of esters is 1. The third-order valence-corrected chi connectivity index (χ3v) is 3.92. The summed E-state index contributed by atoms with van der Waals surface area (Å²) in [6.45, 7) is 5.24. The van der Waals surface area contributed by atoms with E-state index in [2.05, 4.69) is 23.1 Å². The Morgan fingerprint density at radius 2 is 2.24 bits per heavy atom. The molecule has 3 heteroatoms. The molecule has 0 radical (unpaired) electrons. The molecule has 0 spiro atoms. The van der Waals surface area contributed by atoms with Crippen LogP contribution in [0.25, 0.3) is 0 Å². The fourth-order valence-corrected chi connectivity index (χ4v) is 3.11. The van der Waals surface area contributed by atoms with Crippen LogP contribution in [0.2, 0.25) is 0 Å². The highest BCUT2D eigenvalue weighted by Crippen LogP contribution is 2.45. The number of hydrogen-bond acceptors (Lipinski definition) is 3. The Balaban J connectivity index is 2.02. The van der Waals surface area contributed by atoms with E-state index in [9.17, 15) is 4.79 Å². The van der Waals surface area contributed by atoms with Gasteiger partial charge in [-0.3, -0.25) is 0 Å². The quantitative estimate of drug-likeness (QED) is 0.728. The van der Waals surface area contributed by atoms with Crippen molar-refractivity contribution in [3.05, 3.63) is 29.3 Å². The molecule has 1 aromatic carbocycles. The van der Waals surface area contributed by atoms with Crippen LogP contribution in [0.3, 0.4) is 0 Å².